The Hall–Kier alpha value is -1.93. The molecule has 1 N–H and O–H groups in total. The normalized spacial score (nSPS) is 23.1. The number of hydrogen-bond donors (Lipinski definition) is 1. The van der Waals surface area contributed by atoms with Crippen molar-refractivity contribution >= 4 is 23.1 Å². The second-order valence-corrected chi connectivity index (χ2v) is 5.25. The molecule has 0 saturated carbocycles. The molecule has 0 spiro atoms. The molecule has 1 aliphatic rings. The molecule has 21 heavy (non-hydrogen) atoms. The number of esters is 1. The molecular weight excluding hydrogens is 298 g/mol. The molecular formula is C13H15NO6S. The van der Waals surface area contributed by atoms with Gasteiger partial charge >= 0.3 is 5.97 Å². The number of ether oxygens (including phenoxy) is 1. The van der Waals surface area contributed by atoms with Crippen LogP contribution < -0.4 is 0 Å². The second-order valence-electron chi connectivity index (χ2n) is 4.39. The van der Waals surface area contributed by atoms with Gasteiger partial charge in [0, 0.05) is 12.1 Å². The quantitative estimate of drug-likeness (QED) is 0.652. The fourth-order valence-electron chi connectivity index (χ4n) is 2.21. The van der Waals surface area contributed by atoms with Crippen molar-refractivity contribution in [3.63, 3.8) is 0 Å². The maximum Gasteiger partial charge on any atom is 0.306 e. The van der Waals surface area contributed by atoms with E-state index in [1.807, 2.05) is 0 Å². The summed E-state index contributed by atoms with van der Waals surface area (Å²) in [6, 6.07) is 3.36. The van der Waals surface area contributed by atoms with Crippen LogP contribution in [0, 0.1) is 5.92 Å². The lowest BCUT2D eigenvalue weighted by Gasteiger charge is -2.29. The van der Waals surface area contributed by atoms with Crippen LogP contribution in [0.1, 0.15) is 25.0 Å². The van der Waals surface area contributed by atoms with Gasteiger partial charge in [0.25, 0.3) is 11.3 Å². The Morgan fingerprint density at radius 3 is 2.90 bits per heavy atom. The first-order valence-corrected chi connectivity index (χ1v) is 7.42. The zero-order valence-electron chi connectivity index (χ0n) is 11.3. The number of rotatable bonds is 5. The van der Waals surface area contributed by atoms with Gasteiger partial charge in [-0.2, -0.15) is 0 Å². The SMILES string of the molecule is CCOC(=O)C[C@@H]1C(=O)N(S(=O)O)C=C[C@@H]1c1ccco1. The molecule has 0 radical (unpaired) electrons. The summed E-state index contributed by atoms with van der Waals surface area (Å²) in [7, 11) is 0. The van der Waals surface area contributed by atoms with E-state index in [1.54, 1.807) is 25.1 Å². The number of carbonyl (C=O) groups excluding carboxylic acids is 2. The first kappa shape index (κ1) is 15.5. The molecule has 3 atom stereocenters. The van der Waals surface area contributed by atoms with Crippen molar-refractivity contribution in [2.24, 2.45) is 5.92 Å². The molecule has 1 aromatic rings. The van der Waals surface area contributed by atoms with Crippen molar-refractivity contribution in [1.82, 2.24) is 4.31 Å². The van der Waals surface area contributed by atoms with Crippen LogP contribution in [0.3, 0.4) is 0 Å². The van der Waals surface area contributed by atoms with E-state index in [4.69, 9.17) is 13.7 Å². The second kappa shape index (κ2) is 6.68. The summed E-state index contributed by atoms with van der Waals surface area (Å²) < 4.78 is 31.1. The molecule has 0 aliphatic carbocycles. The van der Waals surface area contributed by atoms with Crippen molar-refractivity contribution < 1.29 is 27.5 Å². The summed E-state index contributed by atoms with van der Waals surface area (Å²) in [6.07, 6.45) is 4.08. The number of amides is 1. The van der Waals surface area contributed by atoms with Crippen LogP contribution >= 0.6 is 0 Å². The molecule has 0 aromatic carbocycles. The highest BCUT2D eigenvalue weighted by Gasteiger charge is 2.39. The van der Waals surface area contributed by atoms with Gasteiger partial charge in [0.05, 0.1) is 25.2 Å². The van der Waals surface area contributed by atoms with Crippen molar-refractivity contribution in [3.05, 3.63) is 36.4 Å². The number of nitrogens with zero attached hydrogens (tertiary/aromatic N) is 1. The Labute approximate surface area is 124 Å². The summed E-state index contributed by atoms with van der Waals surface area (Å²) in [5.41, 5.74) is 0. The molecule has 7 nitrogen and oxygen atoms in total. The predicted molar refractivity (Wildman–Crippen MR) is 72.9 cm³/mol. The van der Waals surface area contributed by atoms with Crippen LogP contribution in [-0.2, 0) is 25.6 Å². The third-order valence-electron chi connectivity index (χ3n) is 3.13. The lowest BCUT2D eigenvalue weighted by molar-refractivity contribution is -0.147. The van der Waals surface area contributed by atoms with Gasteiger partial charge in [0.15, 0.2) is 0 Å². The van der Waals surface area contributed by atoms with Gasteiger partial charge in [-0.05, 0) is 19.1 Å². The highest BCUT2D eigenvalue weighted by atomic mass is 32.2. The van der Waals surface area contributed by atoms with Crippen LogP contribution in [0.25, 0.3) is 0 Å². The zero-order valence-corrected chi connectivity index (χ0v) is 12.1. The molecule has 2 heterocycles. The van der Waals surface area contributed by atoms with Crippen LogP contribution in [0.15, 0.2) is 35.1 Å². The highest BCUT2D eigenvalue weighted by Crippen LogP contribution is 2.34. The zero-order chi connectivity index (χ0) is 15.4. The maximum absolute atomic E-state index is 12.3. The van der Waals surface area contributed by atoms with Gasteiger partial charge in [-0.1, -0.05) is 6.08 Å². The van der Waals surface area contributed by atoms with Gasteiger partial charge < -0.3 is 9.15 Å². The van der Waals surface area contributed by atoms with E-state index in [-0.39, 0.29) is 13.0 Å². The van der Waals surface area contributed by atoms with Gasteiger partial charge in [0.1, 0.15) is 5.76 Å². The Balaban J connectivity index is 2.29. The van der Waals surface area contributed by atoms with E-state index in [0.717, 1.165) is 0 Å². The molecule has 8 heteroatoms. The summed E-state index contributed by atoms with van der Waals surface area (Å²) in [5.74, 6) is -1.95. The topological polar surface area (TPSA) is 97.1 Å². The average molecular weight is 313 g/mol. The van der Waals surface area contributed by atoms with Crippen molar-refractivity contribution in [2.45, 2.75) is 19.3 Å². The molecule has 2 rings (SSSR count). The lowest BCUT2D eigenvalue weighted by Crippen LogP contribution is -2.40. The molecule has 1 unspecified atom stereocenters. The number of furan rings is 1. The standard InChI is InChI=1S/C13H15NO6S/c1-2-19-12(15)8-10-9(11-4-3-7-20-11)5-6-14(13(10)16)21(17)18/h3-7,9-10H,2,8H2,1H3,(H,17,18)/t9-,10-/m0/s1. The molecule has 0 fully saturated rings. The Morgan fingerprint density at radius 2 is 2.33 bits per heavy atom. The lowest BCUT2D eigenvalue weighted by atomic mass is 9.85. The smallest absolute Gasteiger partial charge is 0.306 e. The summed E-state index contributed by atoms with van der Waals surface area (Å²) in [5, 5.41) is 0. The molecule has 1 aliphatic heterocycles. The fourth-order valence-corrected chi connectivity index (χ4v) is 2.68. The largest absolute Gasteiger partial charge is 0.469 e. The highest BCUT2D eigenvalue weighted by molar-refractivity contribution is 7.77. The third-order valence-corrected chi connectivity index (χ3v) is 3.77. The molecule has 0 bridgehead atoms. The minimum atomic E-state index is -2.47. The Morgan fingerprint density at radius 1 is 1.57 bits per heavy atom. The summed E-state index contributed by atoms with van der Waals surface area (Å²) >= 11 is -2.47. The molecule has 1 aromatic heterocycles. The molecule has 114 valence electrons. The van der Waals surface area contributed by atoms with Gasteiger partial charge in [-0.3, -0.25) is 14.1 Å². The average Bonchev–Trinajstić information content (AvgIpc) is 2.94. The Bertz CT molecular complexity index is 567. The summed E-state index contributed by atoms with van der Waals surface area (Å²) in [6.45, 7) is 1.87. The van der Waals surface area contributed by atoms with Gasteiger partial charge in [-0.15, -0.1) is 0 Å². The summed E-state index contributed by atoms with van der Waals surface area (Å²) in [4.78, 5) is 23.9. The van der Waals surface area contributed by atoms with E-state index >= 15 is 0 Å². The van der Waals surface area contributed by atoms with Crippen molar-refractivity contribution in [1.29, 1.82) is 0 Å². The first-order valence-electron chi connectivity index (χ1n) is 6.36. The van der Waals surface area contributed by atoms with Crippen LogP contribution in [-0.4, -0.2) is 31.6 Å². The molecule has 1 amide bonds. The Kier molecular flexibility index (Phi) is 4.92. The third kappa shape index (κ3) is 3.40. The van der Waals surface area contributed by atoms with E-state index in [1.165, 1.54) is 12.5 Å². The first-order chi connectivity index (χ1) is 10.0. The minimum absolute atomic E-state index is 0.184. The van der Waals surface area contributed by atoms with E-state index in [2.05, 4.69) is 0 Å². The fraction of sp³-hybridized carbons (Fsp3) is 0.385. The van der Waals surface area contributed by atoms with Gasteiger partial charge in [0.2, 0.25) is 5.91 Å². The van der Waals surface area contributed by atoms with Gasteiger partial charge in [-0.25, -0.2) is 8.51 Å². The maximum atomic E-state index is 12.3. The predicted octanol–water partition coefficient (Wildman–Crippen LogP) is 1.43. The van der Waals surface area contributed by atoms with Crippen molar-refractivity contribution in [3.8, 4) is 0 Å². The number of carbonyl (C=O) groups is 2. The monoisotopic (exact) mass is 313 g/mol. The number of hydrogen-bond acceptors (Lipinski definition) is 5. The van der Waals surface area contributed by atoms with Crippen LogP contribution in [0.2, 0.25) is 0 Å². The molecule has 0 saturated heterocycles. The number of allylic oxidation sites excluding steroid dienone is 1. The van der Waals surface area contributed by atoms with E-state index in [0.29, 0.717) is 10.1 Å². The van der Waals surface area contributed by atoms with Crippen LogP contribution in [0.4, 0.5) is 0 Å². The van der Waals surface area contributed by atoms with Crippen molar-refractivity contribution in [2.75, 3.05) is 6.61 Å². The van der Waals surface area contributed by atoms with Crippen LogP contribution in [0.5, 0.6) is 0 Å². The van der Waals surface area contributed by atoms with E-state index in [9.17, 15) is 13.8 Å². The minimum Gasteiger partial charge on any atom is -0.469 e. The van der Waals surface area contributed by atoms with E-state index < -0.39 is 35.0 Å².